The average molecular weight is 352 g/mol. The van der Waals surface area contributed by atoms with E-state index in [1.807, 2.05) is 48.8 Å². The summed E-state index contributed by atoms with van der Waals surface area (Å²) in [6.45, 7) is 1.98. The number of ether oxygens (including phenoxy) is 1. The summed E-state index contributed by atoms with van der Waals surface area (Å²) in [5.41, 5.74) is 3.15. The molecule has 6 nitrogen and oxygen atoms in total. The Labute approximate surface area is 153 Å². The van der Waals surface area contributed by atoms with Crippen molar-refractivity contribution in [3.05, 3.63) is 60.4 Å². The number of hydrogen-bond acceptors (Lipinski definition) is 3. The number of methoxy groups -OCH3 is 1. The largest absolute Gasteiger partial charge is 0.497 e. The van der Waals surface area contributed by atoms with Crippen LogP contribution < -0.4 is 10.1 Å². The van der Waals surface area contributed by atoms with Gasteiger partial charge in [-0.1, -0.05) is 24.3 Å². The molecule has 0 saturated heterocycles. The summed E-state index contributed by atoms with van der Waals surface area (Å²) >= 11 is 0. The first-order chi connectivity index (χ1) is 12.7. The number of benzene rings is 2. The number of hydrogen-bond donors (Lipinski definition) is 1. The molecule has 136 valence electrons. The summed E-state index contributed by atoms with van der Waals surface area (Å²) in [6, 6.07) is 15.7. The van der Waals surface area contributed by atoms with Crippen molar-refractivity contribution in [2.45, 2.75) is 19.5 Å². The molecule has 0 aliphatic heterocycles. The van der Waals surface area contributed by atoms with Crippen molar-refractivity contribution in [3.63, 3.8) is 0 Å². The minimum atomic E-state index is -0.0803. The Bertz CT molecular complexity index is 875. The molecule has 0 unspecified atom stereocenters. The summed E-state index contributed by atoms with van der Waals surface area (Å²) in [5.74, 6) is 0.795. The molecule has 0 spiro atoms. The fraction of sp³-hybridized carbons (Fsp3) is 0.300. The normalized spacial score (nSPS) is 10.7. The first-order valence-corrected chi connectivity index (χ1v) is 8.69. The maximum atomic E-state index is 12.2. The van der Waals surface area contributed by atoms with Crippen molar-refractivity contribution < 1.29 is 9.53 Å². The number of aryl methyl sites for hydroxylation is 1. The molecule has 3 aromatic rings. The Morgan fingerprint density at radius 2 is 2.08 bits per heavy atom. The van der Waals surface area contributed by atoms with Crippen LogP contribution in [-0.2, 0) is 13.1 Å². The summed E-state index contributed by atoms with van der Waals surface area (Å²) in [4.78, 5) is 18.3. The number of para-hydroxylation sites is 2. The Hall–Kier alpha value is -3.02. The fourth-order valence-electron chi connectivity index (χ4n) is 2.88. The number of amides is 2. The van der Waals surface area contributed by atoms with E-state index in [1.165, 1.54) is 0 Å². The second kappa shape index (κ2) is 8.38. The number of nitrogens with one attached hydrogen (secondary N) is 1. The molecule has 0 fully saturated rings. The second-order valence-electron chi connectivity index (χ2n) is 6.22. The van der Waals surface area contributed by atoms with E-state index < -0.39 is 0 Å². The molecule has 2 aromatic carbocycles. The van der Waals surface area contributed by atoms with Crippen LogP contribution in [0.5, 0.6) is 5.75 Å². The molecular weight excluding hydrogens is 328 g/mol. The van der Waals surface area contributed by atoms with Crippen molar-refractivity contribution >= 4 is 17.1 Å². The van der Waals surface area contributed by atoms with Gasteiger partial charge in [-0.05, 0) is 36.2 Å². The zero-order chi connectivity index (χ0) is 18.4. The van der Waals surface area contributed by atoms with Gasteiger partial charge in [0.25, 0.3) is 0 Å². The van der Waals surface area contributed by atoms with E-state index in [2.05, 4.69) is 20.9 Å². The lowest BCUT2D eigenvalue weighted by atomic mass is 10.2. The molecule has 0 aliphatic rings. The zero-order valence-electron chi connectivity index (χ0n) is 15.2. The fourth-order valence-corrected chi connectivity index (χ4v) is 2.88. The van der Waals surface area contributed by atoms with Gasteiger partial charge in [0.15, 0.2) is 0 Å². The smallest absolute Gasteiger partial charge is 0.317 e. The van der Waals surface area contributed by atoms with Gasteiger partial charge in [0.1, 0.15) is 5.75 Å². The lowest BCUT2D eigenvalue weighted by Crippen LogP contribution is -2.37. The first kappa shape index (κ1) is 17.8. The van der Waals surface area contributed by atoms with Gasteiger partial charge in [0.2, 0.25) is 0 Å². The van der Waals surface area contributed by atoms with Crippen LogP contribution in [0.1, 0.15) is 12.0 Å². The predicted octanol–water partition coefficient (Wildman–Crippen LogP) is 3.28. The first-order valence-electron chi connectivity index (χ1n) is 8.69. The maximum absolute atomic E-state index is 12.2. The Kier molecular flexibility index (Phi) is 5.73. The van der Waals surface area contributed by atoms with Crippen LogP contribution in [0.2, 0.25) is 0 Å². The summed E-state index contributed by atoms with van der Waals surface area (Å²) < 4.78 is 7.33. The standard InChI is InChI=1S/C20H24N4O2/c1-23(14-16-7-5-8-17(13-16)26-2)20(25)21-11-6-12-24-15-22-18-9-3-4-10-19(18)24/h3-5,7-10,13,15H,6,11-12,14H2,1-2H3,(H,21,25). The highest BCUT2D eigenvalue weighted by molar-refractivity contribution is 5.75. The third-order valence-corrected chi connectivity index (χ3v) is 4.28. The average Bonchev–Trinajstić information content (AvgIpc) is 3.08. The molecule has 0 bridgehead atoms. The summed E-state index contributed by atoms with van der Waals surface area (Å²) in [6.07, 6.45) is 2.69. The Morgan fingerprint density at radius 3 is 2.92 bits per heavy atom. The minimum absolute atomic E-state index is 0.0803. The highest BCUT2D eigenvalue weighted by atomic mass is 16.5. The van der Waals surface area contributed by atoms with Gasteiger partial charge in [0, 0.05) is 26.7 Å². The van der Waals surface area contributed by atoms with E-state index in [-0.39, 0.29) is 6.03 Å². The third kappa shape index (κ3) is 4.33. The third-order valence-electron chi connectivity index (χ3n) is 4.28. The quantitative estimate of drug-likeness (QED) is 0.664. The van der Waals surface area contributed by atoms with E-state index in [1.54, 1.807) is 19.1 Å². The van der Waals surface area contributed by atoms with Crippen molar-refractivity contribution in [2.24, 2.45) is 0 Å². The molecular formula is C20H24N4O2. The van der Waals surface area contributed by atoms with Crippen LogP contribution in [0.3, 0.4) is 0 Å². The van der Waals surface area contributed by atoms with Gasteiger partial charge in [-0.15, -0.1) is 0 Å². The van der Waals surface area contributed by atoms with Crippen LogP contribution in [0.25, 0.3) is 11.0 Å². The SMILES string of the molecule is COc1cccc(CN(C)C(=O)NCCCn2cnc3ccccc32)c1. The van der Waals surface area contributed by atoms with Crippen LogP contribution in [0.4, 0.5) is 4.79 Å². The molecule has 0 atom stereocenters. The highest BCUT2D eigenvalue weighted by Crippen LogP contribution is 2.14. The number of fused-ring (bicyclic) bond motifs is 1. The topological polar surface area (TPSA) is 59.4 Å². The molecule has 0 aliphatic carbocycles. The van der Waals surface area contributed by atoms with E-state index >= 15 is 0 Å². The minimum Gasteiger partial charge on any atom is -0.497 e. The van der Waals surface area contributed by atoms with Gasteiger partial charge >= 0.3 is 6.03 Å². The van der Waals surface area contributed by atoms with Gasteiger partial charge in [-0.25, -0.2) is 9.78 Å². The van der Waals surface area contributed by atoms with E-state index in [0.29, 0.717) is 13.1 Å². The van der Waals surface area contributed by atoms with Crippen LogP contribution in [-0.4, -0.2) is 41.2 Å². The molecule has 3 rings (SSSR count). The van der Waals surface area contributed by atoms with E-state index in [9.17, 15) is 4.79 Å². The predicted molar refractivity (Wildman–Crippen MR) is 102 cm³/mol. The van der Waals surface area contributed by atoms with Gasteiger partial charge in [0.05, 0.1) is 24.5 Å². The number of imidazole rings is 1. The Balaban J connectivity index is 1.44. The monoisotopic (exact) mass is 352 g/mol. The number of rotatable bonds is 7. The van der Waals surface area contributed by atoms with Crippen molar-refractivity contribution in [1.29, 1.82) is 0 Å². The van der Waals surface area contributed by atoms with Gasteiger partial charge in [-0.2, -0.15) is 0 Å². The lowest BCUT2D eigenvalue weighted by molar-refractivity contribution is 0.206. The van der Waals surface area contributed by atoms with Crippen LogP contribution >= 0.6 is 0 Å². The molecule has 0 saturated carbocycles. The number of nitrogens with zero attached hydrogens (tertiary/aromatic N) is 3. The molecule has 1 aromatic heterocycles. The number of urea groups is 1. The summed E-state index contributed by atoms with van der Waals surface area (Å²) in [7, 11) is 3.43. The molecule has 2 amide bonds. The van der Waals surface area contributed by atoms with Crippen molar-refractivity contribution in [3.8, 4) is 5.75 Å². The lowest BCUT2D eigenvalue weighted by Gasteiger charge is -2.18. The van der Waals surface area contributed by atoms with Gasteiger partial charge < -0.3 is 19.5 Å². The summed E-state index contributed by atoms with van der Waals surface area (Å²) in [5, 5.41) is 2.96. The molecule has 0 radical (unpaired) electrons. The second-order valence-corrected chi connectivity index (χ2v) is 6.22. The zero-order valence-corrected chi connectivity index (χ0v) is 15.2. The van der Waals surface area contributed by atoms with Gasteiger partial charge in [-0.3, -0.25) is 0 Å². The molecule has 6 heteroatoms. The number of carbonyl (C=O) groups is 1. The van der Waals surface area contributed by atoms with Crippen molar-refractivity contribution in [1.82, 2.24) is 19.8 Å². The maximum Gasteiger partial charge on any atom is 0.317 e. The van der Waals surface area contributed by atoms with Crippen LogP contribution in [0, 0.1) is 0 Å². The Morgan fingerprint density at radius 1 is 1.23 bits per heavy atom. The van der Waals surface area contributed by atoms with E-state index in [4.69, 9.17) is 4.74 Å². The van der Waals surface area contributed by atoms with Crippen molar-refractivity contribution in [2.75, 3.05) is 20.7 Å². The molecule has 1 N–H and O–H groups in total. The highest BCUT2D eigenvalue weighted by Gasteiger charge is 2.09. The molecule has 26 heavy (non-hydrogen) atoms. The van der Waals surface area contributed by atoms with E-state index in [0.717, 1.165) is 35.3 Å². The molecule has 1 heterocycles. The number of aromatic nitrogens is 2. The van der Waals surface area contributed by atoms with Crippen LogP contribution in [0.15, 0.2) is 54.9 Å². The number of carbonyl (C=O) groups excluding carboxylic acids is 1.